The molecule has 0 atom stereocenters. The predicted molar refractivity (Wildman–Crippen MR) is 58.3 cm³/mol. The van der Waals surface area contributed by atoms with Gasteiger partial charge in [0, 0.05) is 36.8 Å². The standard InChI is InChI=1S/C11H10N4/c1-15-7-8(5-14-15)9-6-13-10-3-2-4-12-11(9)10/h2-7,13H,1H3. The van der Waals surface area contributed by atoms with Crippen LogP contribution in [0.1, 0.15) is 0 Å². The molecule has 74 valence electrons. The Morgan fingerprint density at radius 3 is 3.13 bits per heavy atom. The maximum atomic E-state index is 4.36. The molecule has 0 fully saturated rings. The second-order valence-corrected chi connectivity index (χ2v) is 3.50. The summed E-state index contributed by atoms with van der Waals surface area (Å²) >= 11 is 0. The van der Waals surface area contributed by atoms with Gasteiger partial charge < -0.3 is 4.98 Å². The molecule has 1 N–H and O–H groups in total. The second kappa shape index (κ2) is 2.95. The molecule has 0 aromatic carbocycles. The Morgan fingerprint density at radius 2 is 2.33 bits per heavy atom. The van der Waals surface area contributed by atoms with Crippen LogP contribution in [-0.4, -0.2) is 19.7 Å². The van der Waals surface area contributed by atoms with Crippen molar-refractivity contribution in [1.82, 2.24) is 19.7 Å². The summed E-state index contributed by atoms with van der Waals surface area (Å²) in [6.07, 6.45) is 7.60. The van der Waals surface area contributed by atoms with Gasteiger partial charge in [-0.2, -0.15) is 5.10 Å². The lowest BCUT2D eigenvalue weighted by atomic mass is 10.2. The van der Waals surface area contributed by atoms with Crippen molar-refractivity contribution in [3.8, 4) is 11.1 Å². The van der Waals surface area contributed by atoms with Crippen molar-refractivity contribution < 1.29 is 0 Å². The van der Waals surface area contributed by atoms with E-state index in [9.17, 15) is 0 Å². The quantitative estimate of drug-likeness (QED) is 0.649. The molecule has 0 unspecified atom stereocenters. The summed E-state index contributed by atoms with van der Waals surface area (Å²) in [5, 5.41) is 4.15. The lowest BCUT2D eigenvalue weighted by molar-refractivity contribution is 0.768. The van der Waals surface area contributed by atoms with Crippen LogP contribution in [-0.2, 0) is 7.05 Å². The zero-order valence-electron chi connectivity index (χ0n) is 8.31. The maximum Gasteiger partial charge on any atom is 0.0958 e. The van der Waals surface area contributed by atoms with Gasteiger partial charge in [0.15, 0.2) is 0 Å². The average molecular weight is 198 g/mol. The van der Waals surface area contributed by atoms with Crippen LogP contribution in [0.2, 0.25) is 0 Å². The molecule has 0 spiro atoms. The van der Waals surface area contributed by atoms with E-state index in [0.717, 1.165) is 22.2 Å². The number of rotatable bonds is 1. The molecule has 0 bridgehead atoms. The first kappa shape index (κ1) is 8.23. The molecule has 0 radical (unpaired) electrons. The molecule has 0 aliphatic rings. The van der Waals surface area contributed by atoms with E-state index < -0.39 is 0 Å². The average Bonchev–Trinajstić information content (AvgIpc) is 2.83. The molecule has 3 heterocycles. The summed E-state index contributed by atoms with van der Waals surface area (Å²) in [5.41, 5.74) is 4.23. The van der Waals surface area contributed by atoms with Gasteiger partial charge in [0.25, 0.3) is 0 Å². The van der Waals surface area contributed by atoms with Gasteiger partial charge in [-0.15, -0.1) is 0 Å². The molecule has 3 aromatic heterocycles. The van der Waals surface area contributed by atoms with E-state index in [4.69, 9.17) is 0 Å². The molecule has 3 aromatic rings. The first-order valence-electron chi connectivity index (χ1n) is 4.76. The van der Waals surface area contributed by atoms with E-state index in [1.807, 2.05) is 37.8 Å². The fourth-order valence-corrected chi connectivity index (χ4v) is 1.74. The fraction of sp³-hybridized carbons (Fsp3) is 0.0909. The lowest BCUT2D eigenvalue weighted by Crippen LogP contribution is -1.84. The van der Waals surface area contributed by atoms with Crippen molar-refractivity contribution in [2.24, 2.45) is 7.05 Å². The molecule has 4 heteroatoms. The topological polar surface area (TPSA) is 46.5 Å². The third-order valence-corrected chi connectivity index (χ3v) is 2.45. The first-order chi connectivity index (χ1) is 7.34. The number of hydrogen-bond acceptors (Lipinski definition) is 2. The minimum Gasteiger partial charge on any atom is -0.359 e. The third kappa shape index (κ3) is 1.22. The van der Waals surface area contributed by atoms with Crippen LogP contribution in [0.3, 0.4) is 0 Å². The minimum absolute atomic E-state index is 0.991. The van der Waals surface area contributed by atoms with Crippen LogP contribution in [0.15, 0.2) is 36.9 Å². The number of aromatic amines is 1. The van der Waals surface area contributed by atoms with Crippen molar-refractivity contribution in [3.05, 3.63) is 36.9 Å². The van der Waals surface area contributed by atoms with Crippen molar-refractivity contribution in [2.75, 3.05) is 0 Å². The molecular formula is C11H10N4. The van der Waals surface area contributed by atoms with Gasteiger partial charge in [-0.1, -0.05) is 0 Å². The van der Waals surface area contributed by atoms with Crippen LogP contribution in [0, 0.1) is 0 Å². The Bertz CT molecular complexity index is 606. The molecule has 0 aliphatic heterocycles. The second-order valence-electron chi connectivity index (χ2n) is 3.50. The van der Waals surface area contributed by atoms with Gasteiger partial charge in [0.2, 0.25) is 0 Å². The zero-order valence-corrected chi connectivity index (χ0v) is 8.31. The fourth-order valence-electron chi connectivity index (χ4n) is 1.74. The Hall–Kier alpha value is -2.10. The van der Waals surface area contributed by atoms with Crippen molar-refractivity contribution >= 4 is 11.0 Å². The first-order valence-corrected chi connectivity index (χ1v) is 4.76. The van der Waals surface area contributed by atoms with Crippen LogP contribution < -0.4 is 0 Å². The molecule has 4 nitrogen and oxygen atoms in total. The maximum absolute atomic E-state index is 4.36. The van der Waals surface area contributed by atoms with Crippen molar-refractivity contribution in [1.29, 1.82) is 0 Å². The SMILES string of the molecule is Cn1cc(-c2c[nH]c3cccnc23)cn1. The summed E-state index contributed by atoms with van der Waals surface area (Å²) < 4.78 is 1.79. The highest BCUT2D eigenvalue weighted by Crippen LogP contribution is 2.25. The van der Waals surface area contributed by atoms with Gasteiger partial charge in [0.05, 0.1) is 17.2 Å². The largest absolute Gasteiger partial charge is 0.359 e. The van der Waals surface area contributed by atoms with Gasteiger partial charge in [-0.05, 0) is 12.1 Å². The summed E-state index contributed by atoms with van der Waals surface area (Å²) in [6.45, 7) is 0. The Labute approximate surface area is 86.6 Å². The Balaban J connectivity index is 2.27. The zero-order chi connectivity index (χ0) is 10.3. The number of H-pyrrole nitrogens is 1. The van der Waals surface area contributed by atoms with Crippen LogP contribution >= 0.6 is 0 Å². The van der Waals surface area contributed by atoms with E-state index in [1.54, 1.807) is 10.9 Å². The Kier molecular flexibility index (Phi) is 1.62. The monoisotopic (exact) mass is 198 g/mol. The molecule has 0 saturated carbocycles. The highest BCUT2D eigenvalue weighted by atomic mass is 15.2. The van der Waals surface area contributed by atoms with Crippen molar-refractivity contribution in [2.45, 2.75) is 0 Å². The smallest absolute Gasteiger partial charge is 0.0958 e. The minimum atomic E-state index is 0.991. The summed E-state index contributed by atoms with van der Waals surface area (Å²) in [7, 11) is 1.91. The molecule has 3 rings (SSSR count). The summed E-state index contributed by atoms with van der Waals surface area (Å²) in [5.74, 6) is 0. The number of nitrogens with one attached hydrogen (secondary N) is 1. The number of nitrogens with zero attached hydrogens (tertiary/aromatic N) is 3. The number of fused-ring (bicyclic) bond motifs is 1. The highest BCUT2D eigenvalue weighted by molar-refractivity contribution is 5.91. The number of aromatic nitrogens is 4. The molecule has 15 heavy (non-hydrogen) atoms. The molecular weight excluding hydrogens is 188 g/mol. The molecule has 0 amide bonds. The van der Waals surface area contributed by atoms with Crippen LogP contribution in [0.25, 0.3) is 22.2 Å². The van der Waals surface area contributed by atoms with Crippen molar-refractivity contribution in [3.63, 3.8) is 0 Å². The van der Waals surface area contributed by atoms with Crippen LogP contribution in [0.5, 0.6) is 0 Å². The lowest BCUT2D eigenvalue weighted by Gasteiger charge is -1.92. The van der Waals surface area contributed by atoms with Gasteiger partial charge in [-0.25, -0.2) is 0 Å². The van der Waals surface area contributed by atoms with E-state index in [-0.39, 0.29) is 0 Å². The third-order valence-electron chi connectivity index (χ3n) is 2.45. The normalized spacial score (nSPS) is 11.0. The molecule has 0 saturated heterocycles. The highest BCUT2D eigenvalue weighted by Gasteiger charge is 2.07. The summed E-state index contributed by atoms with van der Waals surface area (Å²) in [6, 6.07) is 3.94. The van der Waals surface area contributed by atoms with E-state index in [2.05, 4.69) is 15.1 Å². The van der Waals surface area contributed by atoms with Crippen LogP contribution in [0.4, 0.5) is 0 Å². The van der Waals surface area contributed by atoms with E-state index in [0.29, 0.717) is 0 Å². The number of aryl methyl sites for hydroxylation is 1. The van der Waals surface area contributed by atoms with E-state index >= 15 is 0 Å². The predicted octanol–water partition coefficient (Wildman–Crippen LogP) is 1.96. The Morgan fingerprint density at radius 1 is 1.40 bits per heavy atom. The van der Waals surface area contributed by atoms with E-state index in [1.165, 1.54) is 0 Å². The number of pyridine rings is 1. The van der Waals surface area contributed by atoms with Gasteiger partial charge in [-0.3, -0.25) is 9.67 Å². The molecule has 0 aliphatic carbocycles. The van der Waals surface area contributed by atoms with Gasteiger partial charge in [0.1, 0.15) is 0 Å². The summed E-state index contributed by atoms with van der Waals surface area (Å²) in [4.78, 5) is 7.55. The van der Waals surface area contributed by atoms with Gasteiger partial charge >= 0.3 is 0 Å². The number of hydrogen-bond donors (Lipinski definition) is 1.